The monoisotopic (exact) mass is 172 g/mol. The minimum Gasteiger partial charge on any atom is -0.462 e. The Morgan fingerprint density at radius 3 is 1.73 bits per heavy atom. The molecule has 0 aliphatic carbocycles. The van der Waals surface area contributed by atoms with Crippen LogP contribution in [0, 0.1) is 0 Å². The van der Waals surface area contributed by atoms with Crippen LogP contribution in [0.3, 0.4) is 0 Å². The van der Waals surface area contributed by atoms with Gasteiger partial charge < -0.3 is 4.74 Å². The van der Waals surface area contributed by atoms with Gasteiger partial charge >= 0.3 is 6.18 Å². The summed E-state index contributed by atoms with van der Waals surface area (Å²) in [4.78, 5) is 0. The normalized spacial score (nSPS) is 9.45. The van der Waals surface area contributed by atoms with E-state index in [0.29, 0.717) is 0 Å². The van der Waals surface area contributed by atoms with E-state index in [1.807, 2.05) is 0 Å². The number of halogens is 4. The average Bonchev–Trinajstić information content (AvgIpc) is 1.87. The van der Waals surface area contributed by atoms with E-state index >= 15 is 0 Å². The maximum absolute atomic E-state index is 11.3. The predicted octanol–water partition coefficient (Wildman–Crippen LogP) is 2.81. The zero-order valence-corrected chi connectivity index (χ0v) is 5.75. The van der Waals surface area contributed by atoms with Gasteiger partial charge in [-0.15, -0.1) is 13.2 Å². The minimum absolute atomic E-state index is 1.42. The van der Waals surface area contributed by atoms with Crippen molar-refractivity contribution in [2.24, 2.45) is 0 Å². The van der Waals surface area contributed by atoms with Crippen molar-refractivity contribution in [1.82, 2.24) is 0 Å². The first-order chi connectivity index (χ1) is 4.92. The molecule has 0 atom stereocenters. The van der Waals surface area contributed by atoms with Gasteiger partial charge in [0.15, 0.2) is 6.61 Å². The van der Waals surface area contributed by atoms with Gasteiger partial charge in [-0.3, -0.25) is 0 Å². The lowest BCUT2D eigenvalue weighted by atomic mass is 10.7. The van der Waals surface area contributed by atoms with E-state index in [2.05, 4.69) is 24.5 Å². The van der Waals surface area contributed by atoms with Gasteiger partial charge in [0, 0.05) is 0 Å². The second-order valence-corrected chi connectivity index (χ2v) is 1.26. The van der Waals surface area contributed by atoms with Gasteiger partial charge in [0.2, 0.25) is 0 Å². The van der Waals surface area contributed by atoms with Crippen LogP contribution in [-0.2, 0) is 4.74 Å². The van der Waals surface area contributed by atoms with E-state index in [9.17, 15) is 17.6 Å². The Morgan fingerprint density at radius 1 is 1.27 bits per heavy atom. The molecule has 0 saturated carbocycles. The number of hydrogen-bond acceptors (Lipinski definition) is 1. The summed E-state index contributed by atoms with van der Waals surface area (Å²) in [6, 6.07) is -1.42. The van der Waals surface area contributed by atoms with Crippen LogP contribution in [-0.4, -0.2) is 12.8 Å². The molecular weight excluding hydrogens is 164 g/mol. The standard InChI is InChI=1S/C4H4F4O.C2H4/c1-3(5)9-2-4(6,7)8;1-2/h1-2H2;1-2H2. The lowest BCUT2D eigenvalue weighted by Gasteiger charge is -2.04. The molecule has 0 bridgehead atoms. The summed E-state index contributed by atoms with van der Waals surface area (Å²) in [5, 5.41) is 0. The number of rotatable bonds is 2. The fourth-order valence-corrected chi connectivity index (χ4v) is 0.160. The van der Waals surface area contributed by atoms with Crippen molar-refractivity contribution in [1.29, 1.82) is 0 Å². The van der Waals surface area contributed by atoms with Crippen LogP contribution in [0.25, 0.3) is 0 Å². The van der Waals surface area contributed by atoms with Crippen molar-refractivity contribution >= 4 is 0 Å². The molecule has 0 aromatic heterocycles. The molecule has 0 saturated heterocycles. The molecule has 0 fully saturated rings. The second kappa shape index (κ2) is 5.76. The summed E-state index contributed by atoms with van der Waals surface area (Å²) in [5.41, 5.74) is 0. The van der Waals surface area contributed by atoms with Gasteiger partial charge in [-0.2, -0.15) is 17.6 Å². The Kier molecular flexibility index (Phi) is 6.63. The molecule has 0 aliphatic rings. The highest BCUT2D eigenvalue weighted by molar-refractivity contribution is 4.64. The molecule has 0 unspecified atom stereocenters. The Balaban J connectivity index is 0. The van der Waals surface area contributed by atoms with Crippen molar-refractivity contribution < 1.29 is 22.3 Å². The molecule has 0 rings (SSSR count). The Labute approximate surface area is 62.0 Å². The molecule has 0 spiro atoms. The third-order valence-corrected chi connectivity index (χ3v) is 0.392. The van der Waals surface area contributed by atoms with Crippen LogP contribution in [0.15, 0.2) is 25.7 Å². The van der Waals surface area contributed by atoms with Gasteiger partial charge in [0.05, 0.1) is 0 Å². The van der Waals surface area contributed by atoms with E-state index in [1.54, 1.807) is 0 Å². The first kappa shape index (κ1) is 12.7. The molecule has 5 heteroatoms. The Hall–Kier alpha value is -1.00. The second-order valence-electron chi connectivity index (χ2n) is 1.26. The highest BCUT2D eigenvalue weighted by atomic mass is 19.4. The van der Waals surface area contributed by atoms with Crippen molar-refractivity contribution in [2.45, 2.75) is 6.18 Å². The first-order valence-electron chi connectivity index (χ1n) is 2.46. The molecule has 66 valence electrons. The van der Waals surface area contributed by atoms with Gasteiger partial charge in [0.25, 0.3) is 6.01 Å². The van der Waals surface area contributed by atoms with Crippen molar-refractivity contribution in [3.05, 3.63) is 25.7 Å². The smallest absolute Gasteiger partial charge is 0.422 e. The quantitative estimate of drug-likeness (QED) is 0.353. The van der Waals surface area contributed by atoms with E-state index < -0.39 is 18.8 Å². The van der Waals surface area contributed by atoms with Crippen LogP contribution in [0.2, 0.25) is 0 Å². The average molecular weight is 172 g/mol. The van der Waals surface area contributed by atoms with Crippen LogP contribution < -0.4 is 0 Å². The summed E-state index contributed by atoms with van der Waals surface area (Å²) >= 11 is 0. The molecule has 11 heavy (non-hydrogen) atoms. The zero-order chi connectivity index (χ0) is 9.49. The van der Waals surface area contributed by atoms with E-state index in [-0.39, 0.29) is 0 Å². The van der Waals surface area contributed by atoms with Crippen molar-refractivity contribution in [3.63, 3.8) is 0 Å². The third kappa shape index (κ3) is 17.6. The van der Waals surface area contributed by atoms with Gasteiger partial charge in [-0.05, 0) is 6.58 Å². The number of ether oxygens (including phenoxy) is 1. The van der Waals surface area contributed by atoms with Crippen molar-refractivity contribution in [2.75, 3.05) is 6.61 Å². The van der Waals surface area contributed by atoms with Gasteiger partial charge in [0.1, 0.15) is 0 Å². The minimum atomic E-state index is -4.49. The Morgan fingerprint density at radius 2 is 1.64 bits per heavy atom. The molecular formula is C6H8F4O. The molecule has 0 aromatic carbocycles. The van der Waals surface area contributed by atoms with Crippen LogP contribution >= 0.6 is 0 Å². The largest absolute Gasteiger partial charge is 0.462 e. The maximum atomic E-state index is 11.3. The van der Waals surface area contributed by atoms with Gasteiger partial charge in [-0.25, -0.2) is 0 Å². The summed E-state index contributed by atoms with van der Waals surface area (Å²) in [6.07, 6.45) is -4.49. The van der Waals surface area contributed by atoms with Crippen LogP contribution in [0.4, 0.5) is 17.6 Å². The van der Waals surface area contributed by atoms with E-state index in [0.717, 1.165) is 0 Å². The van der Waals surface area contributed by atoms with Crippen LogP contribution in [0.5, 0.6) is 0 Å². The highest BCUT2D eigenvalue weighted by Crippen LogP contribution is 2.15. The summed E-state index contributed by atoms with van der Waals surface area (Å²) < 4.78 is 48.0. The van der Waals surface area contributed by atoms with Crippen molar-refractivity contribution in [3.8, 4) is 0 Å². The number of alkyl halides is 3. The molecule has 0 heterocycles. The predicted molar refractivity (Wildman–Crippen MR) is 33.5 cm³/mol. The fourth-order valence-electron chi connectivity index (χ4n) is 0.160. The fraction of sp³-hybridized carbons (Fsp3) is 0.333. The van der Waals surface area contributed by atoms with E-state index in [1.165, 1.54) is 0 Å². The van der Waals surface area contributed by atoms with E-state index in [4.69, 9.17) is 0 Å². The third-order valence-electron chi connectivity index (χ3n) is 0.392. The maximum Gasteiger partial charge on any atom is 0.422 e. The summed E-state index contributed by atoms with van der Waals surface area (Å²) in [7, 11) is 0. The van der Waals surface area contributed by atoms with Crippen LogP contribution in [0.1, 0.15) is 0 Å². The molecule has 0 aromatic rings. The summed E-state index contributed by atoms with van der Waals surface area (Å²) in [6.45, 7) is 6.85. The first-order valence-corrected chi connectivity index (χ1v) is 2.46. The Bertz CT molecular complexity index is 118. The van der Waals surface area contributed by atoms with Gasteiger partial charge in [-0.1, -0.05) is 0 Å². The molecule has 0 N–H and O–H groups in total. The summed E-state index contributed by atoms with van der Waals surface area (Å²) in [5.74, 6) is 0. The molecule has 1 nitrogen and oxygen atoms in total. The molecule has 0 aliphatic heterocycles. The lowest BCUT2D eigenvalue weighted by Crippen LogP contribution is -2.15. The number of hydrogen-bond donors (Lipinski definition) is 0. The highest BCUT2D eigenvalue weighted by Gasteiger charge is 2.28. The molecule has 0 amide bonds. The zero-order valence-electron chi connectivity index (χ0n) is 5.75. The topological polar surface area (TPSA) is 9.23 Å². The lowest BCUT2D eigenvalue weighted by molar-refractivity contribution is -0.169. The SMILES string of the molecule is C=C.C=C(F)OCC(F)(F)F. The molecule has 0 radical (unpaired) electrons.